The predicted octanol–water partition coefficient (Wildman–Crippen LogP) is 3.39. The van der Waals surface area contributed by atoms with Crippen molar-refractivity contribution in [3.8, 4) is 0 Å². The third-order valence-electron chi connectivity index (χ3n) is 6.65. The number of aliphatic hydroxyl groups is 1. The lowest BCUT2D eigenvalue weighted by molar-refractivity contribution is -0.137. The van der Waals surface area contributed by atoms with Gasteiger partial charge in [0.15, 0.2) is 12.3 Å². The van der Waals surface area contributed by atoms with Gasteiger partial charge in [0.05, 0.1) is 6.61 Å². The van der Waals surface area contributed by atoms with Gasteiger partial charge in [-0.3, -0.25) is 19.1 Å². The highest BCUT2D eigenvalue weighted by atomic mass is 31.1. The summed E-state index contributed by atoms with van der Waals surface area (Å²) in [5, 5.41) is 18.4. The number of hydrogen-bond donors (Lipinski definition) is 4. The molecule has 1 fully saturated rings. The minimum absolute atomic E-state index is 0.270. The average Bonchev–Trinajstić information content (AvgIpc) is 3.19. The number of carboxylic acids is 1. The largest absolute Gasteiger partial charge is 0.695 e. The molecule has 5 atom stereocenters. The Kier molecular flexibility index (Phi) is 15.6. The van der Waals surface area contributed by atoms with Crippen LogP contribution in [0, 0.1) is 0 Å². The molecule has 0 saturated carbocycles. The molecule has 5 unspecified atom stereocenters. The number of aliphatic carboxylic acids is 1. The summed E-state index contributed by atoms with van der Waals surface area (Å²) >= 11 is 0. The number of aromatic nitrogens is 2. The Morgan fingerprint density at radius 2 is 1.50 bits per heavy atom. The Bertz CT molecular complexity index is 953. The quantitative estimate of drug-likeness (QED) is 0.128. The van der Waals surface area contributed by atoms with Gasteiger partial charge in [0.2, 0.25) is 0 Å². The van der Waals surface area contributed by atoms with Crippen LogP contribution in [-0.4, -0.2) is 62.2 Å². The highest BCUT2D eigenvalue weighted by molar-refractivity contribution is 7.32. The normalized spacial score (nSPS) is 21.6. The van der Waals surface area contributed by atoms with Gasteiger partial charge >= 0.3 is 19.9 Å². The highest BCUT2D eigenvalue weighted by Crippen LogP contribution is 2.37. The first-order valence-corrected chi connectivity index (χ1v) is 14.7. The van der Waals surface area contributed by atoms with Crippen molar-refractivity contribution in [2.24, 2.45) is 0 Å². The first-order chi connectivity index (χ1) is 18.3. The summed E-state index contributed by atoms with van der Waals surface area (Å²) in [6.07, 6.45) is 11.4. The number of rotatable bonds is 21. The van der Waals surface area contributed by atoms with Crippen LogP contribution in [0.25, 0.3) is 0 Å². The third kappa shape index (κ3) is 11.8. The summed E-state index contributed by atoms with van der Waals surface area (Å²) in [5.41, 5.74) is -1.36. The van der Waals surface area contributed by atoms with Gasteiger partial charge in [-0.25, -0.2) is 4.79 Å². The number of aromatic amines is 1. The zero-order valence-corrected chi connectivity index (χ0v) is 22.8. The molecule has 1 aromatic heterocycles. The van der Waals surface area contributed by atoms with Crippen molar-refractivity contribution in [2.45, 2.75) is 114 Å². The van der Waals surface area contributed by atoms with Crippen LogP contribution in [0.3, 0.4) is 0 Å². The summed E-state index contributed by atoms with van der Waals surface area (Å²) in [6.45, 7) is -0.0988. The van der Waals surface area contributed by atoms with Crippen molar-refractivity contribution >= 4 is 14.2 Å². The lowest BCUT2D eigenvalue weighted by atomic mass is 10.0. The van der Waals surface area contributed by atoms with Gasteiger partial charge in [0.1, 0.15) is 12.2 Å². The number of ether oxygens (including phenoxy) is 2. The van der Waals surface area contributed by atoms with Crippen LogP contribution in [0.15, 0.2) is 21.9 Å². The zero-order chi connectivity index (χ0) is 27.8. The molecule has 0 radical (unpaired) electrons. The van der Waals surface area contributed by atoms with E-state index < -0.39 is 56.6 Å². The number of carboxylic acid groups (broad SMARTS) is 1. The molecule has 216 valence electrons. The maximum absolute atomic E-state index is 12.2. The first-order valence-electron chi connectivity index (χ1n) is 13.6. The van der Waals surface area contributed by atoms with E-state index >= 15 is 0 Å². The van der Waals surface area contributed by atoms with Crippen LogP contribution in [0.4, 0.5) is 0 Å². The minimum atomic E-state index is -3.03. The number of nitrogens with zero attached hydrogens (tertiary/aromatic N) is 1. The van der Waals surface area contributed by atoms with Crippen molar-refractivity contribution in [3.05, 3.63) is 33.1 Å². The molecular formula is C25H42N2O10P+. The smallest absolute Gasteiger partial charge is 0.481 e. The Labute approximate surface area is 223 Å². The maximum atomic E-state index is 12.2. The number of nitrogens with one attached hydrogen (secondary N) is 1. The summed E-state index contributed by atoms with van der Waals surface area (Å²) in [5.74, 6) is -0.715. The van der Waals surface area contributed by atoms with Crippen LogP contribution >= 0.6 is 8.25 Å². The molecule has 0 bridgehead atoms. The van der Waals surface area contributed by atoms with E-state index in [2.05, 4.69) is 4.98 Å². The second-order valence-corrected chi connectivity index (χ2v) is 10.3. The first kappa shape index (κ1) is 32.3. The SMILES string of the molecule is O=C(O)CCCCCCCCCCCCCCCOC1C(CO)OC(n2ccc(=O)[nH]c2=O)C1O[P+](=O)O. The topological polar surface area (TPSA) is 177 Å². The Morgan fingerprint density at radius 1 is 0.947 bits per heavy atom. The molecule has 0 amide bonds. The number of hydrogen-bond acceptors (Lipinski definition) is 8. The molecule has 0 aromatic carbocycles. The Balaban J connectivity index is 1.62. The molecule has 1 aliphatic heterocycles. The molecule has 0 spiro atoms. The third-order valence-corrected chi connectivity index (χ3v) is 7.07. The predicted molar refractivity (Wildman–Crippen MR) is 139 cm³/mol. The van der Waals surface area contributed by atoms with Gasteiger partial charge in [-0.05, 0) is 12.8 Å². The van der Waals surface area contributed by atoms with Gasteiger partial charge in [-0.15, -0.1) is 9.42 Å². The molecular weight excluding hydrogens is 519 g/mol. The van der Waals surface area contributed by atoms with Gasteiger partial charge in [0.25, 0.3) is 5.56 Å². The van der Waals surface area contributed by atoms with Crippen LogP contribution < -0.4 is 11.2 Å². The lowest BCUT2D eigenvalue weighted by Gasteiger charge is -2.20. The molecule has 0 aliphatic carbocycles. The molecule has 12 nitrogen and oxygen atoms in total. The van der Waals surface area contributed by atoms with Crippen LogP contribution in [0.5, 0.6) is 0 Å². The van der Waals surface area contributed by atoms with E-state index in [1.54, 1.807) is 0 Å². The number of carbonyl (C=O) groups is 1. The maximum Gasteiger partial charge on any atom is 0.695 e. The van der Waals surface area contributed by atoms with Crippen molar-refractivity contribution in [1.29, 1.82) is 0 Å². The van der Waals surface area contributed by atoms with Crippen molar-refractivity contribution in [1.82, 2.24) is 9.55 Å². The average molecular weight is 562 g/mol. The minimum Gasteiger partial charge on any atom is -0.481 e. The van der Waals surface area contributed by atoms with E-state index in [0.717, 1.165) is 55.6 Å². The Hall–Kier alpha value is -1.95. The molecule has 13 heteroatoms. The van der Waals surface area contributed by atoms with Gasteiger partial charge in [-0.1, -0.05) is 70.6 Å². The van der Waals surface area contributed by atoms with Crippen molar-refractivity contribution in [3.63, 3.8) is 0 Å². The second kappa shape index (κ2) is 18.4. The monoisotopic (exact) mass is 561 g/mol. The summed E-state index contributed by atoms with van der Waals surface area (Å²) < 4.78 is 29.2. The van der Waals surface area contributed by atoms with E-state index in [0.29, 0.717) is 6.61 Å². The van der Waals surface area contributed by atoms with E-state index in [4.69, 9.17) is 19.1 Å². The molecule has 2 rings (SSSR count). The number of unbranched alkanes of at least 4 members (excludes halogenated alkanes) is 12. The fraction of sp³-hybridized carbons (Fsp3) is 0.800. The van der Waals surface area contributed by atoms with E-state index in [9.17, 15) is 28.9 Å². The van der Waals surface area contributed by atoms with E-state index in [1.807, 2.05) is 0 Å². The van der Waals surface area contributed by atoms with Crippen LogP contribution in [-0.2, 0) is 23.4 Å². The highest BCUT2D eigenvalue weighted by Gasteiger charge is 2.51. The fourth-order valence-corrected chi connectivity index (χ4v) is 5.10. The molecule has 2 heterocycles. The van der Waals surface area contributed by atoms with E-state index in [-0.39, 0.29) is 6.42 Å². The molecule has 1 aliphatic rings. The van der Waals surface area contributed by atoms with Crippen LogP contribution in [0.2, 0.25) is 0 Å². The van der Waals surface area contributed by atoms with Gasteiger partial charge < -0.3 is 19.7 Å². The van der Waals surface area contributed by atoms with Crippen LogP contribution in [0.1, 0.15) is 96.1 Å². The molecule has 1 saturated heterocycles. The number of aliphatic hydroxyl groups excluding tert-OH is 1. The molecule has 1 aromatic rings. The van der Waals surface area contributed by atoms with Gasteiger partial charge in [-0.2, -0.15) is 0 Å². The Morgan fingerprint density at radius 3 is 2.00 bits per heavy atom. The zero-order valence-electron chi connectivity index (χ0n) is 21.9. The molecule has 38 heavy (non-hydrogen) atoms. The molecule has 4 N–H and O–H groups in total. The number of H-pyrrole nitrogens is 1. The second-order valence-electron chi connectivity index (χ2n) is 9.65. The van der Waals surface area contributed by atoms with Gasteiger partial charge in [0, 0.05) is 29.9 Å². The summed E-state index contributed by atoms with van der Waals surface area (Å²) in [6, 6.07) is 1.12. The fourth-order valence-electron chi connectivity index (χ4n) is 4.67. The summed E-state index contributed by atoms with van der Waals surface area (Å²) in [7, 11) is -3.03. The van der Waals surface area contributed by atoms with E-state index in [1.165, 1.54) is 44.7 Å². The standard InChI is InChI=1S/C25H41N2O10P/c28-18-19-22(23(37-38(33)34)24(36-19)27-16-15-20(29)26-25(27)32)35-17-13-11-9-7-5-3-1-2-4-6-8-10-12-14-21(30)31/h15-16,19,22-24,28H,1-14,17-18H2,(H2-,26,29,30,31,32,33,34)/p+1. The summed E-state index contributed by atoms with van der Waals surface area (Å²) in [4.78, 5) is 45.5. The van der Waals surface area contributed by atoms with Crippen molar-refractivity contribution in [2.75, 3.05) is 13.2 Å². The van der Waals surface area contributed by atoms with Crippen molar-refractivity contribution < 1.29 is 38.5 Å². The lowest BCUT2D eigenvalue weighted by Crippen LogP contribution is -2.40.